The zero-order valence-electron chi connectivity index (χ0n) is 6.05. The van der Waals surface area contributed by atoms with E-state index >= 15 is 0 Å². The minimum atomic E-state index is 0.466. The second-order valence-electron chi connectivity index (χ2n) is 3.11. The number of nitrogens with two attached hydrogens (primary N) is 1. The molecule has 2 fully saturated rings. The molecule has 0 aromatic carbocycles. The van der Waals surface area contributed by atoms with Gasteiger partial charge in [-0.15, -0.1) is 0 Å². The van der Waals surface area contributed by atoms with Crippen molar-refractivity contribution in [2.45, 2.75) is 18.6 Å². The Balaban J connectivity index is 2.01. The molecule has 2 heterocycles. The normalized spacial score (nSPS) is 45.9. The van der Waals surface area contributed by atoms with Crippen molar-refractivity contribution in [1.82, 2.24) is 5.32 Å². The van der Waals surface area contributed by atoms with Crippen LogP contribution in [0.3, 0.4) is 0 Å². The maximum absolute atomic E-state index is 5.57. The Morgan fingerprint density at radius 1 is 1.60 bits per heavy atom. The lowest BCUT2D eigenvalue weighted by Crippen LogP contribution is -2.34. The van der Waals surface area contributed by atoms with E-state index in [2.05, 4.69) is 5.32 Å². The first-order valence-corrected chi connectivity index (χ1v) is 3.97. The molecule has 0 aromatic rings. The fourth-order valence-electron chi connectivity index (χ4n) is 2.01. The van der Waals surface area contributed by atoms with Crippen LogP contribution in [0, 0.1) is 5.92 Å². The van der Waals surface area contributed by atoms with Gasteiger partial charge in [-0.25, -0.2) is 0 Å². The highest BCUT2D eigenvalue weighted by Gasteiger charge is 2.38. The molecule has 0 saturated carbocycles. The molecule has 3 nitrogen and oxygen atoms in total. The quantitative estimate of drug-likeness (QED) is 0.510. The van der Waals surface area contributed by atoms with Gasteiger partial charge in [0.25, 0.3) is 0 Å². The lowest BCUT2D eigenvalue weighted by molar-refractivity contribution is 0.111. The number of hydrogen-bond acceptors (Lipinski definition) is 3. The first-order valence-electron chi connectivity index (χ1n) is 3.97. The summed E-state index contributed by atoms with van der Waals surface area (Å²) < 4.78 is 5.49. The van der Waals surface area contributed by atoms with Gasteiger partial charge in [-0.2, -0.15) is 0 Å². The smallest absolute Gasteiger partial charge is 0.0743 e. The average molecular weight is 142 g/mol. The number of fused-ring (bicyclic) bond motifs is 1. The van der Waals surface area contributed by atoms with Gasteiger partial charge >= 0.3 is 0 Å². The molecule has 10 heavy (non-hydrogen) atoms. The van der Waals surface area contributed by atoms with Crippen molar-refractivity contribution in [3.63, 3.8) is 0 Å². The van der Waals surface area contributed by atoms with Gasteiger partial charge in [-0.3, -0.25) is 0 Å². The summed E-state index contributed by atoms with van der Waals surface area (Å²) in [5.41, 5.74) is 5.57. The maximum atomic E-state index is 5.57. The molecule has 3 N–H and O–H groups in total. The van der Waals surface area contributed by atoms with Crippen LogP contribution < -0.4 is 11.1 Å². The summed E-state index contributed by atoms with van der Waals surface area (Å²) >= 11 is 0. The molecule has 0 bridgehead atoms. The Morgan fingerprint density at radius 3 is 3.30 bits per heavy atom. The number of rotatable bonds is 1. The van der Waals surface area contributed by atoms with Crippen molar-refractivity contribution >= 4 is 0 Å². The van der Waals surface area contributed by atoms with Crippen molar-refractivity contribution in [1.29, 1.82) is 0 Å². The van der Waals surface area contributed by atoms with E-state index in [4.69, 9.17) is 10.5 Å². The minimum Gasteiger partial charge on any atom is -0.377 e. The minimum absolute atomic E-state index is 0.466. The van der Waals surface area contributed by atoms with Crippen molar-refractivity contribution in [2.75, 3.05) is 19.7 Å². The third kappa shape index (κ3) is 0.856. The topological polar surface area (TPSA) is 47.3 Å². The van der Waals surface area contributed by atoms with Crippen molar-refractivity contribution in [3.8, 4) is 0 Å². The van der Waals surface area contributed by atoms with Gasteiger partial charge in [0.15, 0.2) is 0 Å². The Hall–Kier alpha value is -0.120. The zero-order valence-corrected chi connectivity index (χ0v) is 6.05. The maximum Gasteiger partial charge on any atom is 0.0743 e. The summed E-state index contributed by atoms with van der Waals surface area (Å²) in [7, 11) is 0. The number of hydrogen-bond donors (Lipinski definition) is 2. The van der Waals surface area contributed by atoms with E-state index in [9.17, 15) is 0 Å². The van der Waals surface area contributed by atoms with Crippen LogP contribution >= 0.6 is 0 Å². The van der Waals surface area contributed by atoms with E-state index in [1.54, 1.807) is 0 Å². The van der Waals surface area contributed by atoms with E-state index in [0.29, 0.717) is 18.1 Å². The van der Waals surface area contributed by atoms with Gasteiger partial charge in [-0.1, -0.05) is 0 Å². The lowest BCUT2D eigenvalue weighted by atomic mass is 9.98. The number of ether oxygens (including phenoxy) is 1. The van der Waals surface area contributed by atoms with Crippen LogP contribution in [0.2, 0.25) is 0 Å². The SMILES string of the molecule is NCC1NCC2OCCC12. The second kappa shape index (κ2) is 2.49. The van der Waals surface area contributed by atoms with Crippen molar-refractivity contribution < 1.29 is 4.74 Å². The van der Waals surface area contributed by atoms with E-state index < -0.39 is 0 Å². The van der Waals surface area contributed by atoms with Crippen LogP contribution in [0.25, 0.3) is 0 Å². The van der Waals surface area contributed by atoms with Gasteiger partial charge < -0.3 is 15.8 Å². The highest BCUT2D eigenvalue weighted by molar-refractivity contribution is 4.94. The molecule has 0 spiro atoms. The van der Waals surface area contributed by atoms with Gasteiger partial charge in [0, 0.05) is 31.7 Å². The van der Waals surface area contributed by atoms with Crippen LogP contribution in [-0.2, 0) is 4.74 Å². The van der Waals surface area contributed by atoms with Crippen LogP contribution in [-0.4, -0.2) is 31.8 Å². The fraction of sp³-hybridized carbons (Fsp3) is 1.00. The molecule has 3 atom stereocenters. The standard InChI is InChI=1S/C7H14N2O/c8-3-6-5-1-2-10-7(5)4-9-6/h5-7,9H,1-4,8H2. The molecule has 0 radical (unpaired) electrons. The molecule has 2 aliphatic rings. The average Bonchev–Trinajstić information content (AvgIpc) is 2.44. The molecule has 2 rings (SSSR count). The molecule has 3 heteroatoms. The van der Waals surface area contributed by atoms with Gasteiger partial charge in [-0.05, 0) is 6.42 Å². The summed E-state index contributed by atoms with van der Waals surface area (Å²) in [6.07, 6.45) is 1.66. The summed E-state index contributed by atoms with van der Waals surface area (Å²) in [5.74, 6) is 0.699. The van der Waals surface area contributed by atoms with Gasteiger partial charge in [0.1, 0.15) is 0 Å². The summed E-state index contributed by atoms with van der Waals surface area (Å²) in [6, 6.07) is 0.521. The summed E-state index contributed by atoms with van der Waals surface area (Å²) in [6.45, 7) is 2.70. The Bertz CT molecular complexity index is 129. The largest absolute Gasteiger partial charge is 0.377 e. The highest BCUT2D eigenvalue weighted by atomic mass is 16.5. The van der Waals surface area contributed by atoms with Crippen molar-refractivity contribution in [2.24, 2.45) is 11.7 Å². The molecular weight excluding hydrogens is 128 g/mol. The molecular formula is C7H14N2O. The monoisotopic (exact) mass is 142 g/mol. The number of nitrogens with one attached hydrogen (secondary N) is 1. The Kier molecular flexibility index (Phi) is 1.64. The molecule has 0 aromatic heterocycles. The highest BCUT2D eigenvalue weighted by Crippen LogP contribution is 2.27. The molecule has 0 aliphatic carbocycles. The van der Waals surface area contributed by atoms with E-state index in [-0.39, 0.29) is 0 Å². The van der Waals surface area contributed by atoms with Crippen LogP contribution in [0.5, 0.6) is 0 Å². The van der Waals surface area contributed by atoms with E-state index in [1.165, 1.54) is 6.42 Å². The molecule has 58 valence electrons. The van der Waals surface area contributed by atoms with E-state index in [1.807, 2.05) is 0 Å². The summed E-state index contributed by atoms with van der Waals surface area (Å²) in [4.78, 5) is 0. The summed E-state index contributed by atoms with van der Waals surface area (Å²) in [5, 5.41) is 3.36. The zero-order chi connectivity index (χ0) is 6.97. The van der Waals surface area contributed by atoms with Crippen molar-refractivity contribution in [3.05, 3.63) is 0 Å². The molecule has 0 amide bonds. The lowest BCUT2D eigenvalue weighted by Gasteiger charge is -2.13. The van der Waals surface area contributed by atoms with Crippen LogP contribution in [0.4, 0.5) is 0 Å². The third-order valence-electron chi connectivity index (χ3n) is 2.61. The van der Waals surface area contributed by atoms with Crippen LogP contribution in [0.1, 0.15) is 6.42 Å². The fourth-order valence-corrected chi connectivity index (χ4v) is 2.01. The predicted molar refractivity (Wildman–Crippen MR) is 38.7 cm³/mol. The third-order valence-corrected chi connectivity index (χ3v) is 2.61. The van der Waals surface area contributed by atoms with Crippen LogP contribution in [0.15, 0.2) is 0 Å². The van der Waals surface area contributed by atoms with E-state index in [0.717, 1.165) is 19.7 Å². The van der Waals surface area contributed by atoms with Gasteiger partial charge in [0.05, 0.1) is 6.10 Å². The molecule has 2 aliphatic heterocycles. The molecule has 3 unspecified atom stereocenters. The van der Waals surface area contributed by atoms with Gasteiger partial charge in [0.2, 0.25) is 0 Å². The predicted octanol–water partition coefficient (Wildman–Crippen LogP) is -0.678. The first-order chi connectivity index (χ1) is 4.92. The second-order valence-corrected chi connectivity index (χ2v) is 3.11. The first kappa shape index (κ1) is 6.58. The Labute approximate surface area is 60.9 Å². The Morgan fingerprint density at radius 2 is 2.50 bits per heavy atom. The molecule has 2 saturated heterocycles.